The molecule has 3 rings (SSSR count). The van der Waals surface area contributed by atoms with Crippen LogP contribution in [0, 0.1) is 0 Å². The van der Waals surface area contributed by atoms with Crippen molar-refractivity contribution in [3.8, 4) is 0 Å². The molecule has 0 N–H and O–H groups in total. The molecule has 0 atom stereocenters. The summed E-state index contributed by atoms with van der Waals surface area (Å²) in [5.74, 6) is -0.468. The van der Waals surface area contributed by atoms with Crippen molar-refractivity contribution in [1.82, 2.24) is 0 Å². The molecule has 1 aliphatic rings. The summed E-state index contributed by atoms with van der Waals surface area (Å²) in [6.07, 6.45) is 1.53. The fourth-order valence-corrected chi connectivity index (χ4v) is 2.91. The maximum absolute atomic E-state index is 12.0. The molecule has 116 valence electrons. The molecule has 0 saturated heterocycles. The highest BCUT2D eigenvalue weighted by molar-refractivity contribution is 6.37. The van der Waals surface area contributed by atoms with E-state index in [2.05, 4.69) is 4.99 Å². The lowest BCUT2D eigenvalue weighted by atomic mass is 10.2. The van der Waals surface area contributed by atoms with Gasteiger partial charge < -0.3 is 4.74 Å². The number of ether oxygens (including phenoxy) is 1. The van der Waals surface area contributed by atoms with Gasteiger partial charge in [-0.15, -0.1) is 0 Å². The molecule has 2 aromatic rings. The van der Waals surface area contributed by atoms with Crippen LogP contribution in [0.15, 0.2) is 47.1 Å². The molecule has 2 aromatic carbocycles. The average molecular weight is 387 g/mol. The lowest BCUT2D eigenvalue weighted by Crippen LogP contribution is -2.05. The van der Waals surface area contributed by atoms with E-state index in [1.54, 1.807) is 36.4 Å². The predicted octanol–water partition coefficient (Wildman–Crippen LogP) is 5.64. The Morgan fingerprint density at radius 2 is 1.57 bits per heavy atom. The van der Waals surface area contributed by atoms with Crippen LogP contribution in [0.2, 0.25) is 20.1 Å². The number of aliphatic imine (C=N–C) groups is 1. The highest BCUT2D eigenvalue weighted by Gasteiger charge is 2.25. The first kappa shape index (κ1) is 16.3. The van der Waals surface area contributed by atoms with Gasteiger partial charge in [0.05, 0.1) is 10.6 Å². The van der Waals surface area contributed by atoms with Crippen molar-refractivity contribution in [1.29, 1.82) is 0 Å². The van der Waals surface area contributed by atoms with Gasteiger partial charge in [0.2, 0.25) is 5.90 Å². The molecule has 7 heteroatoms. The largest absolute Gasteiger partial charge is 0.402 e. The topological polar surface area (TPSA) is 38.7 Å². The second-order valence-electron chi connectivity index (χ2n) is 4.63. The molecule has 0 aliphatic carbocycles. The van der Waals surface area contributed by atoms with Gasteiger partial charge in [-0.3, -0.25) is 0 Å². The third-order valence-electron chi connectivity index (χ3n) is 3.04. The number of rotatable bonds is 2. The number of carbonyl (C=O) groups is 1. The average Bonchev–Trinajstić information content (AvgIpc) is 2.83. The second-order valence-corrected chi connectivity index (χ2v) is 6.31. The maximum atomic E-state index is 12.0. The molecular weight excluding hydrogens is 380 g/mol. The highest BCUT2D eigenvalue weighted by Crippen LogP contribution is 2.28. The Balaban J connectivity index is 1.99. The molecule has 0 fully saturated rings. The van der Waals surface area contributed by atoms with Crippen molar-refractivity contribution in [2.24, 2.45) is 4.99 Å². The Labute approximate surface area is 152 Å². The van der Waals surface area contributed by atoms with Gasteiger partial charge in [-0.1, -0.05) is 52.5 Å². The molecule has 0 spiro atoms. The van der Waals surface area contributed by atoms with Crippen LogP contribution in [0.25, 0.3) is 6.08 Å². The van der Waals surface area contributed by atoms with E-state index in [1.807, 2.05) is 0 Å². The first-order chi connectivity index (χ1) is 10.9. The number of cyclic esters (lactones) is 1. The number of benzene rings is 2. The van der Waals surface area contributed by atoms with Crippen LogP contribution in [0.4, 0.5) is 0 Å². The van der Waals surface area contributed by atoms with E-state index < -0.39 is 5.97 Å². The van der Waals surface area contributed by atoms with Crippen LogP contribution in [0.3, 0.4) is 0 Å². The molecule has 0 radical (unpaired) electrons. The first-order valence-electron chi connectivity index (χ1n) is 6.37. The van der Waals surface area contributed by atoms with Gasteiger partial charge in [-0.25, -0.2) is 9.79 Å². The summed E-state index contributed by atoms with van der Waals surface area (Å²) in [4.78, 5) is 16.2. The molecule has 23 heavy (non-hydrogen) atoms. The summed E-state index contributed by atoms with van der Waals surface area (Å²) >= 11 is 23.9. The van der Waals surface area contributed by atoms with Crippen LogP contribution in [0.1, 0.15) is 11.1 Å². The van der Waals surface area contributed by atoms with Gasteiger partial charge >= 0.3 is 5.97 Å². The summed E-state index contributed by atoms with van der Waals surface area (Å²) in [7, 11) is 0. The molecule has 0 aromatic heterocycles. The summed E-state index contributed by atoms with van der Waals surface area (Å²) in [5, 5.41) is 1.73. The van der Waals surface area contributed by atoms with Crippen LogP contribution in [-0.2, 0) is 9.53 Å². The quantitative estimate of drug-likeness (QED) is 0.494. The van der Waals surface area contributed by atoms with Gasteiger partial charge in [0.15, 0.2) is 5.70 Å². The lowest BCUT2D eigenvalue weighted by Gasteiger charge is -2.02. The zero-order chi connectivity index (χ0) is 16.6. The number of nitrogens with zero attached hydrogens (tertiary/aromatic N) is 1. The predicted molar refractivity (Wildman–Crippen MR) is 93.5 cm³/mol. The van der Waals surface area contributed by atoms with E-state index in [4.69, 9.17) is 51.1 Å². The monoisotopic (exact) mass is 385 g/mol. The molecule has 3 nitrogen and oxygen atoms in total. The minimum atomic E-state index is -0.586. The molecule has 1 aliphatic heterocycles. The molecule has 0 saturated carbocycles. The summed E-state index contributed by atoms with van der Waals surface area (Å²) in [6.45, 7) is 0. The third-order valence-corrected chi connectivity index (χ3v) is 4.15. The standard InChI is InChI=1S/C16H7Cl4NO2/c17-9-2-1-8(12(19)6-9)5-14-16(22)23-15(21-14)11-4-3-10(18)7-13(11)20/h1-7H. The van der Waals surface area contributed by atoms with Crippen LogP contribution in [0.5, 0.6) is 0 Å². The lowest BCUT2D eigenvalue weighted by molar-refractivity contribution is -0.129. The van der Waals surface area contributed by atoms with Crippen LogP contribution < -0.4 is 0 Å². The Hall–Kier alpha value is -1.52. The van der Waals surface area contributed by atoms with E-state index in [9.17, 15) is 4.79 Å². The molecular formula is C16H7Cl4NO2. The van der Waals surface area contributed by atoms with Gasteiger partial charge in [0.1, 0.15) is 0 Å². The van der Waals surface area contributed by atoms with Gasteiger partial charge in [0, 0.05) is 15.1 Å². The maximum Gasteiger partial charge on any atom is 0.363 e. The van der Waals surface area contributed by atoms with Gasteiger partial charge in [0.25, 0.3) is 0 Å². The number of halogens is 4. The van der Waals surface area contributed by atoms with E-state index in [0.717, 1.165) is 0 Å². The highest BCUT2D eigenvalue weighted by atomic mass is 35.5. The minimum absolute atomic E-state index is 0.119. The molecule has 0 unspecified atom stereocenters. The van der Waals surface area contributed by atoms with Crippen molar-refractivity contribution >= 4 is 64.3 Å². The van der Waals surface area contributed by atoms with Crippen LogP contribution in [-0.4, -0.2) is 11.9 Å². The van der Waals surface area contributed by atoms with Gasteiger partial charge in [-0.2, -0.15) is 0 Å². The third kappa shape index (κ3) is 3.54. The van der Waals surface area contributed by atoms with E-state index in [0.29, 0.717) is 31.2 Å². The van der Waals surface area contributed by atoms with Crippen molar-refractivity contribution < 1.29 is 9.53 Å². The van der Waals surface area contributed by atoms with Crippen molar-refractivity contribution in [3.05, 3.63) is 73.3 Å². The Bertz CT molecular complexity index is 874. The van der Waals surface area contributed by atoms with E-state index >= 15 is 0 Å². The Kier molecular flexibility index (Phi) is 4.64. The fraction of sp³-hybridized carbons (Fsp3) is 0. The minimum Gasteiger partial charge on any atom is -0.402 e. The van der Waals surface area contributed by atoms with E-state index in [-0.39, 0.29) is 11.6 Å². The Morgan fingerprint density at radius 1 is 0.913 bits per heavy atom. The summed E-state index contributed by atoms with van der Waals surface area (Å²) in [5.41, 5.74) is 1.21. The van der Waals surface area contributed by atoms with Crippen molar-refractivity contribution in [2.45, 2.75) is 0 Å². The van der Waals surface area contributed by atoms with Crippen LogP contribution >= 0.6 is 46.4 Å². The van der Waals surface area contributed by atoms with Crippen molar-refractivity contribution in [2.75, 3.05) is 0 Å². The number of esters is 1. The zero-order valence-electron chi connectivity index (χ0n) is 11.3. The SMILES string of the molecule is O=C1OC(c2ccc(Cl)cc2Cl)=NC1=Cc1ccc(Cl)cc1Cl. The summed E-state index contributed by atoms with van der Waals surface area (Å²) in [6, 6.07) is 9.75. The van der Waals surface area contributed by atoms with E-state index in [1.165, 1.54) is 6.08 Å². The number of carbonyl (C=O) groups excluding carboxylic acids is 1. The second kappa shape index (κ2) is 6.54. The smallest absolute Gasteiger partial charge is 0.363 e. The molecule has 0 amide bonds. The molecule has 1 heterocycles. The summed E-state index contributed by atoms with van der Waals surface area (Å²) < 4.78 is 5.16. The first-order valence-corrected chi connectivity index (χ1v) is 7.88. The Morgan fingerprint density at radius 3 is 2.22 bits per heavy atom. The fourth-order valence-electron chi connectivity index (χ4n) is 1.95. The molecule has 0 bridgehead atoms. The van der Waals surface area contributed by atoms with Gasteiger partial charge in [-0.05, 0) is 42.0 Å². The zero-order valence-corrected chi connectivity index (χ0v) is 14.3. The normalized spacial score (nSPS) is 15.7. The number of hydrogen-bond acceptors (Lipinski definition) is 3. The number of hydrogen-bond donors (Lipinski definition) is 0. The van der Waals surface area contributed by atoms with Crippen molar-refractivity contribution in [3.63, 3.8) is 0 Å².